The van der Waals surface area contributed by atoms with Crippen LogP contribution in [0.1, 0.15) is 27.0 Å². The summed E-state index contributed by atoms with van der Waals surface area (Å²) in [5, 5.41) is 9.54. The van der Waals surface area contributed by atoms with Crippen LogP contribution < -0.4 is 16.0 Å². The number of fused-ring (bicyclic) bond motifs is 6. The summed E-state index contributed by atoms with van der Waals surface area (Å²) in [4.78, 5) is 30.2. The summed E-state index contributed by atoms with van der Waals surface area (Å²) in [6.07, 6.45) is -7.39. The smallest absolute Gasteiger partial charge is 0.339 e. The van der Waals surface area contributed by atoms with Crippen molar-refractivity contribution in [2.24, 2.45) is 0 Å². The molecule has 3 aromatic carbocycles. The highest BCUT2D eigenvalue weighted by molar-refractivity contribution is 6.32. The highest BCUT2D eigenvalue weighted by Crippen LogP contribution is 2.31. The first-order valence-electron chi connectivity index (χ1n) is 12.1. The molecule has 0 unspecified atom stereocenters. The standard InChI is InChI=1S/C26H19ClF3N5O.C2HF3O/c27-21-14-31-25-33-19-3-1-2-15(12-19)4-5-17-13-20(32-23(21)35-25)10-11-22(17)34-24(36)16-6-8-18(9-7-16)26(28,29)30;3-2(4,5)1-6/h1-3,6-14H,4-5H2,(H,34,36)(H2,31,32,33,35);1H. The number of aryl methyl sites for hydroxylation is 2. The van der Waals surface area contributed by atoms with E-state index in [0.717, 1.165) is 41.1 Å². The van der Waals surface area contributed by atoms with Crippen molar-refractivity contribution in [3.05, 3.63) is 100 Å². The maximum atomic E-state index is 12.9. The number of aldehydes is 1. The van der Waals surface area contributed by atoms with Crippen LogP contribution in [-0.4, -0.2) is 28.3 Å². The molecule has 0 atom stereocenters. The lowest BCUT2D eigenvalue weighted by molar-refractivity contribution is -0.156. The van der Waals surface area contributed by atoms with Gasteiger partial charge in [-0.1, -0.05) is 23.7 Å². The molecule has 6 bridgehead atoms. The normalized spacial score (nSPS) is 12.5. The first-order chi connectivity index (χ1) is 19.8. The van der Waals surface area contributed by atoms with E-state index < -0.39 is 30.1 Å². The molecule has 1 aliphatic heterocycles. The number of carbonyl (C=O) groups is 2. The summed E-state index contributed by atoms with van der Waals surface area (Å²) in [5.41, 5.74) is 3.30. The summed E-state index contributed by atoms with van der Waals surface area (Å²) in [6, 6.07) is 17.3. The first-order valence-corrected chi connectivity index (χ1v) is 12.5. The molecule has 3 N–H and O–H groups in total. The van der Waals surface area contributed by atoms with Crippen LogP contribution in [0, 0.1) is 0 Å². The fraction of sp³-hybridized carbons (Fsp3) is 0.143. The first kappa shape index (κ1) is 30.3. The molecule has 4 aromatic rings. The number of halogens is 7. The number of aromatic nitrogens is 2. The molecule has 1 aromatic heterocycles. The molecular weight excluding hydrogens is 588 g/mol. The van der Waals surface area contributed by atoms with Crippen molar-refractivity contribution in [1.82, 2.24) is 9.97 Å². The molecule has 14 heteroatoms. The monoisotopic (exact) mass is 607 g/mol. The van der Waals surface area contributed by atoms with Crippen molar-refractivity contribution in [2.75, 3.05) is 16.0 Å². The largest absolute Gasteiger partial charge is 0.446 e. The van der Waals surface area contributed by atoms with Gasteiger partial charge in [0.2, 0.25) is 12.2 Å². The number of anilines is 5. The fourth-order valence-electron chi connectivity index (χ4n) is 3.87. The molecular formula is C28H20ClF6N5O2. The van der Waals surface area contributed by atoms with E-state index in [1.165, 1.54) is 6.20 Å². The Balaban J connectivity index is 0.000000612. The fourth-order valence-corrected chi connectivity index (χ4v) is 4.01. The second kappa shape index (κ2) is 12.5. The molecule has 42 heavy (non-hydrogen) atoms. The van der Waals surface area contributed by atoms with Crippen LogP contribution in [0.4, 0.5) is 55.2 Å². The molecule has 1 aliphatic rings. The van der Waals surface area contributed by atoms with Gasteiger partial charge in [-0.15, -0.1) is 0 Å². The zero-order valence-corrected chi connectivity index (χ0v) is 22.0. The minimum atomic E-state index is -4.64. The zero-order valence-electron chi connectivity index (χ0n) is 21.3. The molecule has 0 radical (unpaired) electrons. The Labute approximate surface area is 240 Å². The Morgan fingerprint density at radius 2 is 1.60 bits per heavy atom. The predicted octanol–water partition coefficient (Wildman–Crippen LogP) is 7.73. The van der Waals surface area contributed by atoms with Crippen LogP contribution in [0.3, 0.4) is 0 Å². The van der Waals surface area contributed by atoms with E-state index >= 15 is 0 Å². The number of carbonyl (C=O) groups excluding carboxylic acids is 2. The Morgan fingerprint density at radius 1 is 0.905 bits per heavy atom. The lowest BCUT2D eigenvalue weighted by Crippen LogP contribution is -2.14. The Bertz CT molecular complexity index is 1590. The Morgan fingerprint density at radius 3 is 2.26 bits per heavy atom. The summed E-state index contributed by atoms with van der Waals surface area (Å²) < 4.78 is 69.8. The van der Waals surface area contributed by atoms with Crippen LogP contribution in [-0.2, 0) is 23.8 Å². The molecule has 2 heterocycles. The van der Waals surface area contributed by atoms with Crippen molar-refractivity contribution in [3.8, 4) is 0 Å². The van der Waals surface area contributed by atoms with Gasteiger partial charge in [0.15, 0.2) is 5.82 Å². The highest BCUT2D eigenvalue weighted by atomic mass is 35.5. The summed E-state index contributed by atoms with van der Waals surface area (Å²) in [6.45, 7) is 0. The van der Waals surface area contributed by atoms with E-state index in [1.807, 2.05) is 30.3 Å². The van der Waals surface area contributed by atoms with Crippen LogP contribution in [0.15, 0.2) is 72.9 Å². The number of amides is 1. The van der Waals surface area contributed by atoms with Gasteiger partial charge in [0, 0.05) is 22.6 Å². The molecule has 0 spiro atoms. The van der Waals surface area contributed by atoms with Crippen molar-refractivity contribution in [2.45, 2.75) is 25.2 Å². The predicted molar refractivity (Wildman–Crippen MR) is 145 cm³/mol. The number of rotatable bonds is 2. The summed E-state index contributed by atoms with van der Waals surface area (Å²) >= 11 is 6.30. The number of nitrogens with one attached hydrogen (secondary N) is 3. The lowest BCUT2D eigenvalue weighted by Gasteiger charge is -2.15. The van der Waals surface area contributed by atoms with E-state index in [-0.39, 0.29) is 5.56 Å². The molecule has 0 fully saturated rings. The van der Waals surface area contributed by atoms with E-state index in [2.05, 4.69) is 25.9 Å². The van der Waals surface area contributed by atoms with Gasteiger partial charge in [-0.05, 0) is 78.6 Å². The maximum Gasteiger partial charge on any atom is 0.446 e. The van der Waals surface area contributed by atoms with Gasteiger partial charge in [0.05, 0.1) is 11.8 Å². The second-order valence-corrected chi connectivity index (χ2v) is 9.31. The van der Waals surface area contributed by atoms with Gasteiger partial charge >= 0.3 is 12.4 Å². The lowest BCUT2D eigenvalue weighted by atomic mass is 10.0. The number of alkyl halides is 6. The zero-order chi connectivity index (χ0) is 30.5. The van der Waals surface area contributed by atoms with Crippen LogP contribution in [0.25, 0.3) is 0 Å². The summed E-state index contributed by atoms with van der Waals surface area (Å²) in [7, 11) is 0. The van der Waals surface area contributed by atoms with Gasteiger partial charge in [0.25, 0.3) is 5.91 Å². The van der Waals surface area contributed by atoms with Gasteiger partial charge in [-0.3, -0.25) is 9.59 Å². The Kier molecular flexibility index (Phi) is 9.00. The van der Waals surface area contributed by atoms with E-state index in [0.29, 0.717) is 41.0 Å². The van der Waals surface area contributed by atoms with E-state index in [4.69, 9.17) is 16.4 Å². The molecule has 1 amide bonds. The quantitative estimate of drug-likeness (QED) is 0.159. The van der Waals surface area contributed by atoms with Crippen LogP contribution >= 0.6 is 11.6 Å². The van der Waals surface area contributed by atoms with Gasteiger partial charge < -0.3 is 16.0 Å². The molecule has 7 nitrogen and oxygen atoms in total. The minimum absolute atomic E-state index is 0.126. The second-order valence-electron chi connectivity index (χ2n) is 8.90. The molecule has 0 aliphatic carbocycles. The number of benzene rings is 3. The molecule has 0 saturated heterocycles. The Hall–Kier alpha value is -4.65. The average molecular weight is 608 g/mol. The minimum Gasteiger partial charge on any atom is -0.339 e. The molecule has 218 valence electrons. The van der Waals surface area contributed by atoms with Gasteiger partial charge in [-0.25, -0.2) is 4.98 Å². The van der Waals surface area contributed by atoms with Gasteiger partial charge in [-0.2, -0.15) is 31.3 Å². The third-order valence-corrected chi connectivity index (χ3v) is 6.11. The van der Waals surface area contributed by atoms with Crippen molar-refractivity contribution >= 4 is 52.6 Å². The average Bonchev–Trinajstić information content (AvgIpc) is 2.94. The molecule has 5 rings (SSSR count). The van der Waals surface area contributed by atoms with E-state index in [1.54, 1.807) is 12.1 Å². The summed E-state index contributed by atoms with van der Waals surface area (Å²) in [5.74, 6) is 0.300. The third-order valence-electron chi connectivity index (χ3n) is 5.83. The third kappa shape index (κ3) is 8.19. The topological polar surface area (TPSA) is 96.0 Å². The van der Waals surface area contributed by atoms with Crippen LogP contribution in [0.5, 0.6) is 0 Å². The SMILES string of the molecule is O=C(Nc1ccc2cc1CCc1cccc(c1)Nc1ncc(Cl)c(n1)N2)c1ccc(C(F)(F)F)cc1.O=CC(F)(F)F. The maximum absolute atomic E-state index is 12.9. The van der Waals surface area contributed by atoms with Crippen molar-refractivity contribution in [1.29, 1.82) is 0 Å². The van der Waals surface area contributed by atoms with Gasteiger partial charge in [0.1, 0.15) is 5.02 Å². The van der Waals surface area contributed by atoms with Crippen molar-refractivity contribution in [3.63, 3.8) is 0 Å². The van der Waals surface area contributed by atoms with Crippen molar-refractivity contribution < 1.29 is 35.9 Å². The van der Waals surface area contributed by atoms with Crippen LogP contribution in [0.2, 0.25) is 5.02 Å². The number of hydrogen-bond acceptors (Lipinski definition) is 6. The number of hydrogen-bond donors (Lipinski definition) is 3. The number of nitrogens with zero attached hydrogens (tertiary/aromatic N) is 2. The van der Waals surface area contributed by atoms with E-state index in [9.17, 15) is 31.1 Å². The highest BCUT2D eigenvalue weighted by Gasteiger charge is 2.30. The molecule has 0 saturated carbocycles.